The van der Waals surface area contributed by atoms with Gasteiger partial charge in [-0.25, -0.2) is 0 Å². The van der Waals surface area contributed by atoms with Gasteiger partial charge in [-0.05, 0) is 25.0 Å². The highest BCUT2D eigenvalue weighted by Crippen LogP contribution is 2.29. The van der Waals surface area contributed by atoms with E-state index in [4.69, 9.17) is 4.74 Å². The van der Waals surface area contributed by atoms with Crippen molar-refractivity contribution in [1.29, 1.82) is 0 Å². The Kier molecular flexibility index (Phi) is 6.58. The van der Waals surface area contributed by atoms with E-state index in [0.29, 0.717) is 5.91 Å². The molecule has 1 aliphatic carbocycles. The van der Waals surface area contributed by atoms with Crippen LogP contribution in [0.1, 0.15) is 32.1 Å². The molecule has 3 rings (SSSR count). The molecule has 0 atom stereocenters. The maximum absolute atomic E-state index is 12.6. The maximum Gasteiger partial charge on any atom is 0.225 e. The van der Waals surface area contributed by atoms with Gasteiger partial charge in [-0.2, -0.15) is 0 Å². The first-order valence-electron chi connectivity index (χ1n) is 8.46. The van der Waals surface area contributed by atoms with Gasteiger partial charge in [-0.1, -0.05) is 31.4 Å². The van der Waals surface area contributed by atoms with Crippen molar-refractivity contribution in [3.63, 3.8) is 0 Å². The zero-order valence-corrected chi connectivity index (χ0v) is 14.7. The number of hydrogen-bond acceptors (Lipinski definition) is 3. The highest BCUT2D eigenvalue weighted by molar-refractivity contribution is 5.85. The Labute approximate surface area is 145 Å². The van der Waals surface area contributed by atoms with Crippen LogP contribution in [0.5, 0.6) is 5.75 Å². The second kappa shape index (κ2) is 8.44. The van der Waals surface area contributed by atoms with Crippen LogP contribution in [-0.2, 0) is 4.79 Å². The van der Waals surface area contributed by atoms with Crippen molar-refractivity contribution in [1.82, 2.24) is 4.90 Å². The summed E-state index contributed by atoms with van der Waals surface area (Å²) in [6.45, 7) is 3.43. The molecule has 1 saturated carbocycles. The number of methoxy groups -OCH3 is 1. The summed E-state index contributed by atoms with van der Waals surface area (Å²) in [6, 6.07) is 8.12. The monoisotopic (exact) mass is 338 g/mol. The Balaban J connectivity index is 0.00000192. The van der Waals surface area contributed by atoms with Crippen molar-refractivity contribution in [2.24, 2.45) is 5.92 Å². The van der Waals surface area contributed by atoms with Crippen LogP contribution in [-0.4, -0.2) is 44.1 Å². The van der Waals surface area contributed by atoms with Gasteiger partial charge in [-0.3, -0.25) is 4.79 Å². The molecule has 0 spiro atoms. The molecule has 0 radical (unpaired) electrons. The molecule has 5 heteroatoms. The fraction of sp³-hybridized carbons (Fsp3) is 0.611. The van der Waals surface area contributed by atoms with E-state index in [0.717, 1.165) is 50.5 Å². The number of piperazine rings is 1. The van der Waals surface area contributed by atoms with Crippen LogP contribution in [0.15, 0.2) is 24.3 Å². The predicted octanol–water partition coefficient (Wildman–Crippen LogP) is 3.35. The molecule has 1 aromatic carbocycles. The zero-order chi connectivity index (χ0) is 15.4. The van der Waals surface area contributed by atoms with Crippen molar-refractivity contribution in [3.8, 4) is 5.75 Å². The Morgan fingerprint density at radius 1 is 1.04 bits per heavy atom. The number of ether oxygens (including phenoxy) is 1. The van der Waals surface area contributed by atoms with Crippen LogP contribution in [0.3, 0.4) is 0 Å². The zero-order valence-electron chi connectivity index (χ0n) is 13.9. The molecular weight excluding hydrogens is 312 g/mol. The van der Waals surface area contributed by atoms with Crippen LogP contribution in [0, 0.1) is 5.92 Å². The maximum atomic E-state index is 12.6. The van der Waals surface area contributed by atoms with E-state index < -0.39 is 0 Å². The Morgan fingerprint density at radius 3 is 2.35 bits per heavy atom. The largest absolute Gasteiger partial charge is 0.495 e. The van der Waals surface area contributed by atoms with E-state index >= 15 is 0 Å². The van der Waals surface area contributed by atoms with Gasteiger partial charge in [0.05, 0.1) is 12.8 Å². The third-order valence-corrected chi connectivity index (χ3v) is 4.97. The number of rotatable bonds is 3. The van der Waals surface area contributed by atoms with Gasteiger partial charge in [0.25, 0.3) is 0 Å². The average Bonchev–Trinajstić information content (AvgIpc) is 2.62. The van der Waals surface area contributed by atoms with Gasteiger partial charge in [0, 0.05) is 32.1 Å². The van der Waals surface area contributed by atoms with Gasteiger partial charge in [0.2, 0.25) is 5.91 Å². The first kappa shape index (κ1) is 17.9. The number of carbonyl (C=O) groups is 1. The molecule has 0 aromatic heterocycles. The molecule has 23 heavy (non-hydrogen) atoms. The topological polar surface area (TPSA) is 32.8 Å². The smallest absolute Gasteiger partial charge is 0.225 e. The molecule has 2 aliphatic rings. The van der Waals surface area contributed by atoms with Crippen molar-refractivity contribution >= 4 is 24.0 Å². The number of para-hydroxylation sites is 2. The summed E-state index contributed by atoms with van der Waals surface area (Å²) < 4.78 is 5.45. The van der Waals surface area contributed by atoms with E-state index in [1.165, 1.54) is 19.3 Å². The molecule has 1 heterocycles. The summed E-state index contributed by atoms with van der Waals surface area (Å²) in [5, 5.41) is 0. The Morgan fingerprint density at radius 2 is 1.70 bits per heavy atom. The Bertz CT molecular complexity index is 509. The first-order valence-corrected chi connectivity index (χ1v) is 8.46. The molecule has 2 fully saturated rings. The minimum atomic E-state index is 0. The lowest BCUT2D eigenvalue weighted by atomic mass is 9.88. The third kappa shape index (κ3) is 4.11. The van der Waals surface area contributed by atoms with E-state index in [2.05, 4.69) is 15.9 Å². The molecule has 1 amide bonds. The summed E-state index contributed by atoms with van der Waals surface area (Å²) in [6.07, 6.45) is 5.91. The average molecular weight is 339 g/mol. The lowest BCUT2D eigenvalue weighted by Crippen LogP contribution is -2.50. The lowest BCUT2D eigenvalue weighted by molar-refractivity contribution is -0.136. The van der Waals surface area contributed by atoms with Crippen LogP contribution in [0.4, 0.5) is 5.69 Å². The summed E-state index contributed by atoms with van der Waals surface area (Å²) >= 11 is 0. The van der Waals surface area contributed by atoms with E-state index in [9.17, 15) is 4.79 Å². The number of anilines is 1. The van der Waals surface area contributed by atoms with Gasteiger partial charge in [0.15, 0.2) is 0 Å². The van der Waals surface area contributed by atoms with Gasteiger partial charge < -0.3 is 14.5 Å². The van der Waals surface area contributed by atoms with Crippen LogP contribution >= 0.6 is 12.4 Å². The fourth-order valence-corrected chi connectivity index (χ4v) is 3.67. The molecule has 128 valence electrons. The van der Waals surface area contributed by atoms with E-state index in [-0.39, 0.29) is 18.3 Å². The van der Waals surface area contributed by atoms with E-state index in [1.807, 2.05) is 18.2 Å². The molecule has 1 aliphatic heterocycles. The van der Waals surface area contributed by atoms with Crippen LogP contribution in [0.2, 0.25) is 0 Å². The summed E-state index contributed by atoms with van der Waals surface area (Å²) in [7, 11) is 1.71. The molecule has 0 unspecified atom stereocenters. The minimum absolute atomic E-state index is 0. The van der Waals surface area contributed by atoms with Crippen molar-refractivity contribution in [3.05, 3.63) is 24.3 Å². The standard InChI is InChI=1S/C18H26N2O2.ClH/c1-22-17-10-6-5-9-16(17)19-11-13-20(14-12-19)18(21)15-7-3-2-4-8-15;/h5-6,9-10,15H,2-4,7-8,11-14H2,1H3;1H. The number of halogens is 1. The first-order chi connectivity index (χ1) is 10.8. The highest BCUT2D eigenvalue weighted by Gasteiger charge is 2.28. The molecule has 0 N–H and O–H groups in total. The number of carbonyl (C=O) groups excluding carboxylic acids is 1. The Hall–Kier alpha value is -1.42. The van der Waals surface area contributed by atoms with Crippen LogP contribution < -0.4 is 9.64 Å². The SMILES string of the molecule is COc1ccccc1N1CCN(C(=O)C2CCCCC2)CC1.Cl. The quantitative estimate of drug-likeness (QED) is 0.847. The van der Waals surface area contributed by atoms with Crippen molar-refractivity contribution in [2.45, 2.75) is 32.1 Å². The normalized spacial score (nSPS) is 19.2. The summed E-state index contributed by atoms with van der Waals surface area (Å²) in [4.78, 5) is 17.0. The van der Waals surface area contributed by atoms with Crippen molar-refractivity contribution in [2.75, 3.05) is 38.2 Å². The van der Waals surface area contributed by atoms with Gasteiger partial charge in [0.1, 0.15) is 5.75 Å². The predicted molar refractivity (Wildman–Crippen MR) is 95.6 cm³/mol. The van der Waals surface area contributed by atoms with E-state index in [1.54, 1.807) is 7.11 Å². The molecular formula is C18H27ClN2O2. The van der Waals surface area contributed by atoms with Crippen LogP contribution in [0.25, 0.3) is 0 Å². The van der Waals surface area contributed by atoms with Gasteiger partial charge >= 0.3 is 0 Å². The molecule has 0 bridgehead atoms. The number of amides is 1. The lowest BCUT2D eigenvalue weighted by Gasteiger charge is -2.38. The minimum Gasteiger partial charge on any atom is -0.495 e. The number of nitrogens with zero attached hydrogens (tertiary/aromatic N) is 2. The second-order valence-electron chi connectivity index (χ2n) is 6.32. The second-order valence-corrected chi connectivity index (χ2v) is 6.32. The summed E-state index contributed by atoms with van der Waals surface area (Å²) in [5.74, 6) is 1.58. The molecule has 1 saturated heterocycles. The fourth-order valence-electron chi connectivity index (χ4n) is 3.67. The summed E-state index contributed by atoms with van der Waals surface area (Å²) in [5.41, 5.74) is 1.13. The third-order valence-electron chi connectivity index (χ3n) is 4.97. The van der Waals surface area contributed by atoms with Gasteiger partial charge in [-0.15, -0.1) is 12.4 Å². The van der Waals surface area contributed by atoms with Crippen molar-refractivity contribution < 1.29 is 9.53 Å². The number of hydrogen-bond donors (Lipinski definition) is 0. The molecule has 1 aromatic rings. The molecule has 4 nitrogen and oxygen atoms in total. The highest BCUT2D eigenvalue weighted by atomic mass is 35.5. The number of benzene rings is 1.